The third kappa shape index (κ3) is 1.89. The largest absolute Gasteiger partial charge is 0.314 e. The topological polar surface area (TPSA) is 50.9 Å². The number of aromatic nitrogens is 1. The molecule has 3 N–H and O–H groups in total. The number of nitrogens with zero attached hydrogens (tertiary/aromatic N) is 1. The lowest BCUT2D eigenvalue weighted by atomic mass is 10.2. The Hall–Kier alpha value is -1.53. The van der Waals surface area contributed by atoms with Gasteiger partial charge in [-0.25, -0.2) is 19.6 Å². The van der Waals surface area contributed by atoms with E-state index in [0.29, 0.717) is 15.6 Å². The molecule has 1 aromatic carbocycles. The van der Waals surface area contributed by atoms with E-state index in [-0.39, 0.29) is 0 Å². The molecule has 84 valence electrons. The average molecular weight is 241 g/mol. The molecule has 0 saturated heterocycles. The van der Waals surface area contributed by atoms with Crippen LogP contribution >= 0.6 is 11.3 Å². The lowest BCUT2D eigenvalue weighted by Gasteiger charge is -1.97. The van der Waals surface area contributed by atoms with E-state index >= 15 is 0 Å². The Bertz CT molecular complexity index is 525. The van der Waals surface area contributed by atoms with Crippen LogP contribution in [-0.2, 0) is 0 Å². The molecule has 0 spiro atoms. The van der Waals surface area contributed by atoms with E-state index in [1.807, 2.05) is 0 Å². The van der Waals surface area contributed by atoms with Crippen LogP contribution in [0, 0.1) is 18.6 Å². The van der Waals surface area contributed by atoms with Crippen LogP contribution in [0.15, 0.2) is 18.2 Å². The third-order valence-electron chi connectivity index (χ3n) is 2.09. The van der Waals surface area contributed by atoms with Crippen molar-refractivity contribution in [2.45, 2.75) is 6.92 Å². The Morgan fingerprint density at radius 3 is 2.62 bits per heavy atom. The fourth-order valence-corrected chi connectivity index (χ4v) is 2.16. The molecule has 0 unspecified atom stereocenters. The minimum absolute atomic E-state index is 0.536. The summed E-state index contributed by atoms with van der Waals surface area (Å²) in [6.07, 6.45) is 0. The standard InChI is InChI=1S/C10H9F2N3S/c1-5-9(15-13)16-10(14-5)6-2-3-7(11)8(12)4-6/h2-4,15H,13H2,1H3. The first-order valence-corrected chi connectivity index (χ1v) is 5.33. The van der Waals surface area contributed by atoms with Gasteiger partial charge in [0, 0.05) is 5.56 Å². The number of aryl methyl sites for hydroxylation is 1. The number of hydrogen-bond acceptors (Lipinski definition) is 4. The summed E-state index contributed by atoms with van der Waals surface area (Å²) in [4.78, 5) is 4.21. The molecule has 3 nitrogen and oxygen atoms in total. The Morgan fingerprint density at radius 2 is 2.06 bits per heavy atom. The second kappa shape index (κ2) is 4.15. The first-order valence-electron chi connectivity index (χ1n) is 4.51. The molecule has 0 fully saturated rings. The van der Waals surface area contributed by atoms with Crippen molar-refractivity contribution < 1.29 is 8.78 Å². The second-order valence-corrected chi connectivity index (χ2v) is 4.21. The van der Waals surface area contributed by atoms with Crippen molar-refractivity contribution in [2.24, 2.45) is 5.84 Å². The van der Waals surface area contributed by atoms with Gasteiger partial charge in [-0.1, -0.05) is 11.3 Å². The highest BCUT2D eigenvalue weighted by atomic mass is 32.1. The van der Waals surface area contributed by atoms with Gasteiger partial charge in [0.2, 0.25) is 0 Å². The molecule has 2 rings (SSSR count). The summed E-state index contributed by atoms with van der Waals surface area (Å²) in [6.45, 7) is 1.79. The van der Waals surface area contributed by atoms with Crippen molar-refractivity contribution in [1.82, 2.24) is 4.98 Å². The smallest absolute Gasteiger partial charge is 0.159 e. The Morgan fingerprint density at radius 1 is 1.31 bits per heavy atom. The van der Waals surface area contributed by atoms with Crippen molar-refractivity contribution in [3.63, 3.8) is 0 Å². The van der Waals surface area contributed by atoms with Crippen LogP contribution < -0.4 is 11.3 Å². The van der Waals surface area contributed by atoms with Gasteiger partial charge in [-0.15, -0.1) is 0 Å². The van der Waals surface area contributed by atoms with Gasteiger partial charge in [0.15, 0.2) is 11.6 Å². The van der Waals surface area contributed by atoms with Gasteiger partial charge in [0.1, 0.15) is 10.0 Å². The second-order valence-electron chi connectivity index (χ2n) is 3.21. The van der Waals surface area contributed by atoms with Crippen LogP contribution in [0.1, 0.15) is 5.69 Å². The number of halogens is 2. The van der Waals surface area contributed by atoms with Crippen molar-refractivity contribution in [3.8, 4) is 10.6 Å². The molecule has 0 aliphatic heterocycles. The third-order valence-corrected chi connectivity index (χ3v) is 3.23. The number of nitrogen functional groups attached to an aromatic ring is 1. The summed E-state index contributed by atoms with van der Waals surface area (Å²) in [5.41, 5.74) is 3.76. The van der Waals surface area contributed by atoms with Crippen molar-refractivity contribution >= 4 is 16.3 Å². The van der Waals surface area contributed by atoms with E-state index in [0.717, 1.165) is 17.8 Å². The van der Waals surface area contributed by atoms with E-state index in [1.165, 1.54) is 17.4 Å². The number of benzene rings is 1. The predicted octanol–water partition coefficient (Wildman–Crippen LogP) is 2.68. The molecule has 6 heteroatoms. The van der Waals surface area contributed by atoms with E-state index in [4.69, 9.17) is 5.84 Å². The number of hydrogen-bond donors (Lipinski definition) is 2. The summed E-state index contributed by atoms with van der Waals surface area (Å²) < 4.78 is 25.8. The summed E-state index contributed by atoms with van der Waals surface area (Å²) in [6, 6.07) is 3.68. The van der Waals surface area contributed by atoms with E-state index in [9.17, 15) is 8.78 Å². The molecular weight excluding hydrogens is 232 g/mol. The summed E-state index contributed by atoms with van der Waals surface area (Å²) in [5.74, 6) is 3.53. The molecule has 0 saturated carbocycles. The van der Waals surface area contributed by atoms with E-state index in [1.54, 1.807) is 6.92 Å². The molecule has 0 aliphatic rings. The molecule has 2 aromatic rings. The normalized spacial score (nSPS) is 10.5. The molecule has 0 atom stereocenters. The van der Waals surface area contributed by atoms with Crippen LogP contribution in [-0.4, -0.2) is 4.98 Å². The number of thiazole rings is 1. The van der Waals surface area contributed by atoms with Crippen LogP contribution in [0.25, 0.3) is 10.6 Å². The van der Waals surface area contributed by atoms with Gasteiger partial charge < -0.3 is 5.43 Å². The van der Waals surface area contributed by atoms with Crippen molar-refractivity contribution in [1.29, 1.82) is 0 Å². The number of hydrazine groups is 1. The number of anilines is 1. The van der Waals surface area contributed by atoms with Crippen LogP contribution in [0.4, 0.5) is 13.8 Å². The zero-order valence-corrected chi connectivity index (χ0v) is 9.24. The molecule has 16 heavy (non-hydrogen) atoms. The quantitative estimate of drug-likeness (QED) is 0.627. The number of nitrogens with two attached hydrogens (primary N) is 1. The SMILES string of the molecule is Cc1nc(-c2ccc(F)c(F)c2)sc1NN. The molecule has 0 aliphatic carbocycles. The minimum Gasteiger partial charge on any atom is -0.314 e. The molecule has 0 radical (unpaired) electrons. The Labute approximate surface area is 94.9 Å². The highest BCUT2D eigenvalue weighted by molar-refractivity contribution is 7.19. The maximum absolute atomic E-state index is 13.0. The number of nitrogens with one attached hydrogen (secondary N) is 1. The van der Waals surface area contributed by atoms with Gasteiger partial charge in [-0.2, -0.15) is 0 Å². The van der Waals surface area contributed by atoms with Gasteiger partial charge in [-0.3, -0.25) is 0 Å². The lowest BCUT2D eigenvalue weighted by molar-refractivity contribution is 0.509. The Balaban J connectivity index is 2.46. The molecular formula is C10H9F2N3S. The van der Waals surface area contributed by atoms with E-state index < -0.39 is 11.6 Å². The fourth-order valence-electron chi connectivity index (χ4n) is 1.28. The van der Waals surface area contributed by atoms with Crippen LogP contribution in [0.5, 0.6) is 0 Å². The number of rotatable bonds is 2. The molecule has 1 aromatic heterocycles. The first-order chi connectivity index (χ1) is 7.61. The van der Waals surface area contributed by atoms with E-state index in [2.05, 4.69) is 10.4 Å². The first kappa shape index (κ1) is 11.0. The van der Waals surface area contributed by atoms with Crippen molar-refractivity contribution in [3.05, 3.63) is 35.5 Å². The van der Waals surface area contributed by atoms with Crippen molar-refractivity contribution in [2.75, 3.05) is 5.43 Å². The summed E-state index contributed by atoms with van der Waals surface area (Å²) in [7, 11) is 0. The van der Waals surface area contributed by atoms with Gasteiger partial charge in [-0.05, 0) is 25.1 Å². The van der Waals surface area contributed by atoms with Crippen LogP contribution in [0.2, 0.25) is 0 Å². The minimum atomic E-state index is -0.882. The lowest BCUT2D eigenvalue weighted by Crippen LogP contribution is -2.05. The van der Waals surface area contributed by atoms with Crippen LogP contribution in [0.3, 0.4) is 0 Å². The predicted molar refractivity (Wildman–Crippen MR) is 60.0 cm³/mol. The molecule has 1 heterocycles. The average Bonchev–Trinajstić information content (AvgIpc) is 2.64. The van der Waals surface area contributed by atoms with Gasteiger partial charge >= 0.3 is 0 Å². The summed E-state index contributed by atoms with van der Waals surface area (Å²) >= 11 is 1.29. The fraction of sp³-hybridized carbons (Fsp3) is 0.100. The van der Waals surface area contributed by atoms with Gasteiger partial charge in [0.05, 0.1) is 5.69 Å². The monoisotopic (exact) mass is 241 g/mol. The maximum Gasteiger partial charge on any atom is 0.159 e. The zero-order valence-electron chi connectivity index (χ0n) is 8.42. The summed E-state index contributed by atoms with van der Waals surface area (Å²) in [5, 5.41) is 1.31. The molecule has 0 bridgehead atoms. The maximum atomic E-state index is 13.0. The molecule has 0 amide bonds. The highest BCUT2D eigenvalue weighted by Gasteiger charge is 2.10. The Kier molecular flexibility index (Phi) is 2.84. The highest BCUT2D eigenvalue weighted by Crippen LogP contribution is 2.31. The van der Waals surface area contributed by atoms with Gasteiger partial charge in [0.25, 0.3) is 0 Å². The zero-order chi connectivity index (χ0) is 11.7.